The number of hydrogen-bond donors (Lipinski definition) is 2. The van der Waals surface area contributed by atoms with Crippen molar-refractivity contribution in [3.63, 3.8) is 0 Å². The fraction of sp³-hybridized carbons (Fsp3) is 0.467. The van der Waals surface area contributed by atoms with Crippen LogP contribution >= 0.6 is 0 Å². The zero-order valence-corrected chi connectivity index (χ0v) is 11.7. The first-order chi connectivity index (χ1) is 10.2. The number of hydrogen-bond acceptors (Lipinski definition) is 4. The highest BCUT2D eigenvalue weighted by molar-refractivity contribution is 6.01. The molecule has 3 N–H and O–H groups in total. The molecule has 0 spiro atoms. The molecule has 0 aromatic carbocycles. The lowest BCUT2D eigenvalue weighted by molar-refractivity contribution is 0.0730. The third-order valence-electron chi connectivity index (χ3n) is 4.33. The largest absolute Gasteiger partial charge is 0.399 e. The van der Waals surface area contributed by atoms with Gasteiger partial charge in [0.25, 0.3) is 5.91 Å². The molecule has 0 unspecified atom stereocenters. The number of carbonyl (C=O) groups excluding carboxylic acids is 1. The Bertz CT molecular complexity index is 692. The molecule has 1 saturated carbocycles. The van der Waals surface area contributed by atoms with Crippen molar-refractivity contribution >= 4 is 17.1 Å². The summed E-state index contributed by atoms with van der Waals surface area (Å²) in [6, 6.07) is 3.64. The van der Waals surface area contributed by atoms with Gasteiger partial charge in [-0.3, -0.25) is 4.79 Å². The second kappa shape index (κ2) is 4.73. The highest BCUT2D eigenvalue weighted by Gasteiger charge is 2.41. The molecule has 2 aliphatic rings. The third-order valence-corrected chi connectivity index (χ3v) is 4.33. The Labute approximate surface area is 122 Å². The average Bonchev–Trinajstić information content (AvgIpc) is 3.06. The maximum absolute atomic E-state index is 12.5. The Morgan fingerprint density at radius 2 is 2.29 bits per heavy atom. The van der Waals surface area contributed by atoms with E-state index >= 15 is 0 Å². The van der Waals surface area contributed by atoms with Crippen molar-refractivity contribution in [1.82, 2.24) is 14.9 Å². The summed E-state index contributed by atoms with van der Waals surface area (Å²) in [7, 11) is 0. The molecule has 3 heterocycles. The smallest absolute Gasteiger partial charge is 0.255 e. The number of fused-ring (bicyclic) bond motifs is 1. The van der Waals surface area contributed by atoms with Crippen molar-refractivity contribution in [1.29, 1.82) is 0 Å². The molecule has 2 aromatic rings. The lowest BCUT2D eigenvalue weighted by Crippen LogP contribution is -2.41. The van der Waals surface area contributed by atoms with Crippen LogP contribution in [0.25, 0.3) is 5.52 Å². The highest BCUT2D eigenvalue weighted by Crippen LogP contribution is 2.38. The van der Waals surface area contributed by atoms with Crippen molar-refractivity contribution in [2.45, 2.75) is 31.4 Å². The van der Waals surface area contributed by atoms with Crippen LogP contribution in [0.4, 0.5) is 5.69 Å². The van der Waals surface area contributed by atoms with Crippen LogP contribution < -0.4 is 11.1 Å². The van der Waals surface area contributed by atoms with E-state index in [2.05, 4.69) is 10.4 Å². The Morgan fingerprint density at radius 1 is 1.43 bits per heavy atom. The topological polar surface area (TPSA) is 81.7 Å². The molecule has 21 heavy (non-hydrogen) atoms. The van der Waals surface area contributed by atoms with Crippen molar-refractivity contribution in [2.75, 3.05) is 12.3 Å². The minimum absolute atomic E-state index is 0.100. The van der Waals surface area contributed by atoms with Crippen molar-refractivity contribution in [3.05, 3.63) is 30.1 Å². The van der Waals surface area contributed by atoms with Gasteiger partial charge in [-0.15, -0.1) is 0 Å². The average molecular weight is 286 g/mol. The van der Waals surface area contributed by atoms with Crippen molar-refractivity contribution in [2.24, 2.45) is 5.92 Å². The molecule has 110 valence electrons. The van der Waals surface area contributed by atoms with E-state index in [0.717, 1.165) is 18.5 Å². The molecule has 2 fully saturated rings. The number of nitrogen functional groups attached to an aromatic ring is 1. The van der Waals surface area contributed by atoms with Crippen LogP contribution in [0.15, 0.2) is 24.5 Å². The lowest BCUT2D eigenvalue weighted by atomic mass is 10.1. The fourth-order valence-electron chi connectivity index (χ4n) is 3.07. The van der Waals surface area contributed by atoms with Crippen LogP contribution in [0.3, 0.4) is 0 Å². The molecule has 1 saturated heterocycles. The van der Waals surface area contributed by atoms with Crippen LogP contribution in [0.2, 0.25) is 0 Å². The highest BCUT2D eigenvalue weighted by atomic mass is 16.5. The van der Waals surface area contributed by atoms with E-state index in [1.165, 1.54) is 12.8 Å². The van der Waals surface area contributed by atoms with Gasteiger partial charge < -0.3 is 15.8 Å². The van der Waals surface area contributed by atoms with Crippen LogP contribution in [-0.2, 0) is 4.74 Å². The zero-order chi connectivity index (χ0) is 14.4. The third kappa shape index (κ3) is 2.25. The quantitative estimate of drug-likeness (QED) is 0.888. The molecule has 4 rings (SSSR count). The minimum Gasteiger partial charge on any atom is -0.399 e. The molecule has 6 heteroatoms. The summed E-state index contributed by atoms with van der Waals surface area (Å²) >= 11 is 0. The van der Waals surface area contributed by atoms with Crippen LogP contribution in [0.5, 0.6) is 0 Å². The van der Waals surface area contributed by atoms with Gasteiger partial charge in [-0.25, -0.2) is 4.52 Å². The maximum Gasteiger partial charge on any atom is 0.255 e. The number of nitrogens with zero attached hydrogens (tertiary/aromatic N) is 2. The molecule has 2 aromatic heterocycles. The van der Waals surface area contributed by atoms with Gasteiger partial charge in [-0.1, -0.05) is 0 Å². The first-order valence-electron chi connectivity index (χ1n) is 7.38. The van der Waals surface area contributed by atoms with E-state index in [1.807, 2.05) is 0 Å². The summed E-state index contributed by atoms with van der Waals surface area (Å²) in [5, 5.41) is 7.30. The first-order valence-corrected chi connectivity index (χ1v) is 7.38. The Morgan fingerprint density at radius 3 is 3.10 bits per heavy atom. The van der Waals surface area contributed by atoms with Crippen molar-refractivity contribution < 1.29 is 9.53 Å². The maximum atomic E-state index is 12.5. The van der Waals surface area contributed by atoms with E-state index in [0.29, 0.717) is 17.2 Å². The van der Waals surface area contributed by atoms with Gasteiger partial charge in [-0.05, 0) is 37.3 Å². The zero-order valence-electron chi connectivity index (χ0n) is 11.7. The number of ether oxygens (including phenoxy) is 1. The monoisotopic (exact) mass is 286 g/mol. The molecule has 2 atom stereocenters. The van der Waals surface area contributed by atoms with Gasteiger partial charge >= 0.3 is 0 Å². The predicted molar refractivity (Wildman–Crippen MR) is 77.9 cm³/mol. The summed E-state index contributed by atoms with van der Waals surface area (Å²) < 4.78 is 7.42. The van der Waals surface area contributed by atoms with Crippen LogP contribution in [0, 0.1) is 5.92 Å². The van der Waals surface area contributed by atoms with E-state index < -0.39 is 0 Å². The number of carbonyl (C=O) groups is 1. The Balaban J connectivity index is 1.57. The molecule has 1 aliphatic carbocycles. The molecule has 0 bridgehead atoms. The normalized spacial score (nSPS) is 25.3. The summed E-state index contributed by atoms with van der Waals surface area (Å²) in [4.78, 5) is 12.5. The van der Waals surface area contributed by atoms with Crippen LogP contribution in [0.1, 0.15) is 29.6 Å². The fourth-order valence-corrected chi connectivity index (χ4v) is 3.07. The molecule has 6 nitrogen and oxygen atoms in total. The number of amides is 1. The SMILES string of the molecule is Nc1ccn2ncc(C(=O)N[C@@H]3CCO[C@H]3C3CC3)c2c1. The Hall–Kier alpha value is -2.08. The van der Waals surface area contributed by atoms with Crippen molar-refractivity contribution in [3.8, 4) is 0 Å². The van der Waals surface area contributed by atoms with Crippen LogP contribution in [-0.4, -0.2) is 34.3 Å². The van der Waals surface area contributed by atoms with Gasteiger partial charge in [0.15, 0.2) is 0 Å². The molecule has 0 radical (unpaired) electrons. The standard InChI is InChI=1S/C15H18N4O2/c16-10-3-5-19-13(7-10)11(8-17-19)15(20)18-12-4-6-21-14(12)9-1-2-9/h3,5,7-9,12,14H,1-2,4,6,16H2,(H,18,20)/t12-,14+/m1/s1. The van der Waals surface area contributed by atoms with Gasteiger partial charge in [0, 0.05) is 18.5 Å². The lowest BCUT2D eigenvalue weighted by Gasteiger charge is -2.19. The van der Waals surface area contributed by atoms with Gasteiger partial charge in [-0.2, -0.15) is 5.10 Å². The van der Waals surface area contributed by atoms with Gasteiger partial charge in [0.05, 0.1) is 29.4 Å². The summed E-state index contributed by atoms with van der Waals surface area (Å²) in [6.45, 7) is 0.730. The minimum atomic E-state index is -0.100. The number of anilines is 1. The molecule has 1 amide bonds. The van der Waals surface area contributed by atoms with Gasteiger partial charge in [0.1, 0.15) is 0 Å². The molecular formula is C15H18N4O2. The number of aromatic nitrogens is 2. The summed E-state index contributed by atoms with van der Waals surface area (Å²) in [5.41, 5.74) is 7.71. The first kappa shape index (κ1) is 12.6. The number of nitrogens with one attached hydrogen (secondary N) is 1. The molecule has 1 aliphatic heterocycles. The predicted octanol–water partition coefficient (Wildman–Crippen LogP) is 1.21. The number of pyridine rings is 1. The Kier molecular flexibility index (Phi) is 2.85. The second-order valence-corrected chi connectivity index (χ2v) is 5.89. The van der Waals surface area contributed by atoms with E-state index in [1.54, 1.807) is 29.0 Å². The summed E-state index contributed by atoms with van der Waals surface area (Å²) in [5.74, 6) is 0.522. The molecular weight excluding hydrogens is 268 g/mol. The number of nitrogens with two attached hydrogens (primary N) is 1. The van der Waals surface area contributed by atoms with E-state index in [4.69, 9.17) is 10.5 Å². The van der Waals surface area contributed by atoms with E-state index in [-0.39, 0.29) is 18.1 Å². The second-order valence-electron chi connectivity index (χ2n) is 5.89. The van der Waals surface area contributed by atoms with Gasteiger partial charge in [0.2, 0.25) is 0 Å². The number of rotatable bonds is 3. The summed E-state index contributed by atoms with van der Waals surface area (Å²) in [6.07, 6.45) is 6.84. The van der Waals surface area contributed by atoms with E-state index in [9.17, 15) is 4.79 Å².